The molecule has 4 aliphatic rings. The lowest BCUT2D eigenvalue weighted by atomic mass is 9.60. The minimum Gasteiger partial charge on any atom is -0.484 e. The summed E-state index contributed by atoms with van der Waals surface area (Å²) >= 11 is 0. The van der Waals surface area contributed by atoms with E-state index >= 15 is 0 Å². The second-order valence-electron chi connectivity index (χ2n) is 10.5. The number of benzene rings is 2. The van der Waals surface area contributed by atoms with Crippen molar-refractivity contribution < 1.29 is 55.2 Å². The summed E-state index contributed by atoms with van der Waals surface area (Å²) in [4.78, 5) is 24.8. The van der Waals surface area contributed by atoms with Gasteiger partial charge in [-0.3, -0.25) is 9.59 Å². The number of rotatable bonds is 9. The van der Waals surface area contributed by atoms with Crippen LogP contribution in [0.1, 0.15) is 32.1 Å². The molecule has 222 valence electrons. The predicted molar refractivity (Wildman–Crippen MR) is 134 cm³/mol. The minimum atomic E-state index is -3.77. The Morgan fingerprint density at radius 3 is 2.15 bits per heavy atom. The summed E-state index contributed by atoms with van der Waals surface area (Å²) in [5.74, 6) is -2.29. The first kappa shape index (κ1) is 28.8. The van der Waals surface area contributed by atoms with E-state index < -0.39 is 69.1 Å². The molecule has 11 nitrogen and oxygen atoms in total. The molecule has 2 bridgehead atoms. The molecule has 1 atom stereocenters. The van der Waals surface area contributed by atoms with Crippen LogP contribution in [0.2, 0.25) is 0 Å². The monoisotopic (exact) mass is 600 g/mol. The Kier molecular flexibility index (Phi) is 7.22. The lowest BCUT2D eigenvalue weighted by molar-refractivity contribution is -0.286. The van der Waals surface area contributed by atoms with Crippen molar-refractivity contribution in [2.45, 2.75) is 60.5 Å². The Hall–Kier alpha value is -3.72. The van der Waals surface area contributed by atoms with Gasteiger partial charge >= 0.3 is 6.29 Å². The zero-order valence-corrected chi connectivity index (χ0v) is 22.6. The van der Waals surface area contributed by atoms with Crippen molar-refractivity contribution in [3.05, 3.63) is 42.2 Å². The first-order valence-corrected chi connectivity index (χ1v) is 14.5. The molecular formula is C26H27F3N2O9S. The van der Waals surface area contributed by atoms with Crippen LogP contribution in [0.4, 0.5) is 13.2 Å². The van der Waals surface area contributed by atoms with E-state index in [-0.39, 0.29) is 29.4 Å². The van der Waals surface area contributed by atoms with Crippen LogP contribution in [-0.2, 0) is 19.4 Å². The van der Waals surface area contributed by atoms with Gasteiger partial charge in [0.1, 0.15) is 22.2 Å². The number of amides is 2. The molecule has 3 aliphatic carbocycles. The van der Waals surface area contributed by atoms with Crippen LogP contribution in [-0.4, -0.2) is 68.3 Å². The zero-order chi connectivity index (χ0) is 29.6. The third-order valence-corrected chi connectivity index (χ3v) is 8.66. The Morgan fingerprint density at radius 1 is 0.951 bits per heavy atom. The van der Waals surface area contributed by atoms with E-state index in [1.54, 1.807) is 0 Å². The maximum atomic E-state index is 14.1. The van der Waals surface area contributed by atoms with Gasteiger partial charge in [0.2, 0.25) is 0 Å². The average molecular weight is 601 g/mol. The fourth-order valence-corrected chi connectivity index (χ4v) is 6.22. The largest absolute Gasteiger partial charge is 0.586 e. The van der Waals surface area contributed by atoms with Gasteiger partial charge in [0, 0.05) is 23.9 Å². The number of aliphatic hydroxyl groups excluding tert-OH is 1. The normalized spacial score (nSPS) is 25.8. The van der Waals surface area contributed by atoms with Crippen LogP contribution < -0.4 is 29.6 Å². The summed E-state index contributed by atoms with van der Waals surface area (Å²) in [5.41, 5.74) is -1.64. The lowest BCUT2D eigenvalue weighted by Gasteiger charge is -2.56. The Bertz CT molecular complexity index is 1480. The number of ether oxygens (including phenoxy) is 4. The second kappa shape index (κ2) is 10.3. The molecule has 2 amide bonds. The molecule has 0 unspecified atom stereocenters. The van der Waals surface area contributed by atoms with Gasteiger partial charge in [-0.15, -0.1) is 8.78 Å². The van der Waals surface area contributed by atoms with Gasteiger partial charge in [-0.1, -0.05) is 0 Å². The minimum absolute atomic E-state index is 0.0162. The van der Waals surface area contributed by atoms with E-state index in [2.05, 4.69) is 20.1 Å². The van der Waals surface area contributed by atoms with E-state index in [1.807, 2.05) is 0 Å². The van der Waals surface area contributed by atoms with Gasteiger partial charge in [-0.25, -0.2) is 12.8 Å². The van der Waals surface area contributed by atoms with Crippen molar-refractivity contribution in [1.82, 2.24) is 10.6 Å². The number of fused-ring (bicyclic) bond motifs is 4. The van der Waals surface area contributed by atoms with Crippen molar-refractivity contribution in [2.75, 3.05) is 19.5 Å². The van der Waals surface area contributed by atoms with E-state index in [0.717, 1.165) is 18.4 Å². The number of hydrogen-bond donors (Lipinski definition) is 3. The van der Waals surface area contributed by atoms with Crippen molar-refractivity contribution >= 4 is 21.7 Å². The summed E-state index contributed by atoms with van der Waals surface area (Å²) in [6.07, 6.45) is -2.02. The highest BCUT2D eigenvalue weighted by Gasteiger charge is 2.55. The summed E-state index contributed by atoms with van der Waals surface area (Å²) in [5, 5.41) is 16.6. The molecule has 3 N–H and O–H groups in total. The standard InChI is InChI=1S/C26H27F3N2O9S/c1-41(35,36)20-5-3-15(10-17(20)27)37-13-22(33)30-24-6-8-25(9-7-24,21(32)12-24)31-23(34)14-38-16-2-4-18-19(11-16)40-26(28,29)39-18/h2-5,10-11,21,32H,6-9,12-14H2,1H3,(H,30,33)(H,31,34)/t21-,24?,25?/m0/s1. The van der Waals surface area contributed by atoms with Crippen LogP contribution >= 0.6 is 0 Å². The fraction of sp³-hybridized carbons (Fsp3) is 0.462. The molecule has 15 heteroatoms. The van der Waals surface area contributed by atoms with E-state index in [0.29, 0.717) is 25.7 Å². The molecule has 2 aromatic carbocycles. The van der Waals surface area contributed by atoms with Crippen molar-refractivity contribution in [3.8, 4) is 23.0 Å². The smallest absolute Gasteiger partial charge is 0.484 e. The van der Waals surface area contributed by atoms with Crippen molar-refractivity contribution in [3.63, 3.8) is 0 Å². The van der Waals surface area contributed by atoms with Gasteiger partial charge in [0.25, 0.3) is 11.8 Å². The van der Waals surface area contributed by atoms with E-state index in [9.17, 15) is 36.3 Å². The molecule has 0 aromatic heterocycles. The summed E-state index contributed by atoms with van der Waals surface area (Å²) in [6, 6.07) is 6.97. The number of carbonyl (C=O) groups excluding carboxylic acids is 2. The number of halogens is 3. The zero-order valence-electron chi connectivity index (χ0n) is 21.7. The molecule has 2 aromatic rings. The Morgan fingerprint density at radius 2 is 1.54 bits per heavy atom. The molecule has 0 saturated heterocycles. The van der Waals surface area contributed by atoms with Crippen molar-refractivity contribution in [2.24, 2.45) is 0 Å². The SMILES string of the molecule is CS(=O)(=O)c1ccc(OCC(=O)NC23CCC(NC(=O)COc4ccc5c(c4)OC(F)(F)O5)(CC2)[C@@H](O)C3)cc1F. The molecule has 41 heavy (non-hydrogen) atoms. The summed E-state index contributed by atoms with van der Waals surface area (Å²) in [7, 11) is -3.75. The topological polar surface area (TPSA) is 149 Å². The van der Waals surface area contributed by atoms with Crippen LogP contribution in [0.5, 0.6) is 23.0 Å². The molecule has 1 aliphatic heterocycles. The van der Waals surface area contributed by atoms with E-state index in [4.69, 9.17) is 9.47 Å². The maximum absolute atomic E-state index is 14.1. The van der Waals surface area contributed by atoms with Crippen LogP contribution in [0.25, 0.3) is 0 Å². The van der Waals surface area contributed by atoms with Gasteiger partial charge in [-0.2, -0.15) is 0 Å². The van der Waals surface area contributed by atoms with E-state index in [1.165, 1.54) is 24.3 Å². The predicted octanol–water partition coefficient (Wildman–Crippen LogP) is 2.06. The fourth-order valence-electron chi connectivity index (χ4n) is 5.50. The summed E-state index contributed by atoms with van der Waals surface area (Å²) < 4.78 is 83.0. The molecule has 6 rings (SSSR count). The lowest BCUT2D eigenvalue weighted by Crippen LogP contribution is -2.70. The Labute approximate surface area is 232 Å². The van der Waals surface area contributed by atoms with Gasteiger partial charge in [0.05, 0.1) is 11.6 Å². The highest BCUT2D eigenvalue weighted by molar-refractivity contribution is 7.90. The highest BCUT2D eigenvalue weighted by atomic mass is 32.2. The third kappa shape index (κ3) is 6.15. The number of alkyl halides is 2. The van der Waals surface area contributed by atoms with Crippen molar-refractivity contribution in [1.29, 1.82) is 0 Å². The van der Waals surface area contributed by atoms with Gasteiger partial charge in [0.15, 0.2) is 34.6 Å². The quantitative estimate of drug-likeness (QED) is 0.393. The molecule has 3 fully saturated rings. The first-order valence-electron chi connectivity index (χ1n) is 12.6. The van der Waals surface area contributed by atoms with Crippen LogP contribution in [0.3, 0.4) is 0 Å². The van der Waals surface area contributed by atoms with Gasteiger partial charge < -0.3 is 34.7 Å². The second-order valence-corrected chi connectivity index (χ2v) is 12.5. The van der Waals surface area contributed by atoms with Crippen LogP contribution in [0.15, 0.2) is 41.3 Å². The molecule has 0 spiro atoms. The third-order valence-electron chi connectivity index (χ3n) is 7.53. The number of nitrogens with one attached hydrogen (secondary N) is 2. The summed E-state index contributed by atoms with van der Waals surface area (Å²) in [6.45, 7) is -0.887. The number of sulfone groups is 1. The van der Waals surface area contributed by atoms with Crippen LogP contribution in [0, 0.1) is 5.82 Å². The van der Waals surface area contributed by atoms with Gasteiger partial charge in [-0.05, 0) is 56.4 Å². The maximum Gasteiger partial charge on any atom is 0.586 e. The number of aliphatic hydroxyl groups is 1. The highest BCUT2D eigenvalue weighted by Crippen LogP contribution is 2.47. The molecular weight excluding hydrogens is 573 g/mol. The molecule has 0 radical (unpaired) electrons. The first-order chi connectivity index (χ1) is 19.2. The molecule has 3 saturated carbocycles. The molecule has 1 heterocycles. The average Bonchev–Trinajstić information content (AvgIpc) is 3.19. The Balaban J connectivity index is 1.11. The number of hydrogen-bond acceptors (Lipinski definition) is 9. The number of carbonyl (C=O) groups is 2.